The molecule has 0 saturated carbocycles. The van der Waals surface area contributed by atoms with Crippen LogP contribution < -0.4 is 25.8 Å². The molecule has 1 saturated heterocycles. The van der Waals surface area contributed by atoms with Crippen LogP contribution in [0.4, 0.5) is 27.9 Å². The first-order valence-electron chi connectivity index (χ1n) is 9.64. The van der Waals surface area contributed by atoms with E-state index in [1.54, 1.807) is 19.0 Å². The van der Waals surface area contributed by atoms with Gasteiger partial charge in [0.2, 0.25) is 5.95 Å². The summed E-state index contributed by atoms with van der Waals surface area (Å²) in [4.78, 5) is 24.9. The first kappa shape index (κ1) is 19.9. The molecular weight excluding hydrogens is 354 g/mol. The predicted octanol–water partition coefficient (Wildman–Crippen LogP) is 2.53. The molecule has 2 heterocycles. The van der Waals surface area contributed by atoms with Gasteiger partial charge in [-0.25, -0.2) is 9.78 Å². The summed E-state index contributed by atoms with van der Waals surface area (Å²) in [5, 5.41) is 9.27. The number of aromatic nitrogens is 2. The quantitative estimate of drug-likeness (QED) is 0.736. The summed E-state index contributed by atoms with van der Waals surface area (Å²) in [6.45, 7) is 8.14. The largest absolute Gasteiger partial charge is 0.354 e. The number of amides is 2. The van der Waals surface area contributed by atoms with E-state index in [9.17, 15) is 4.79 Å². The number of hydrogen-bond donors (Lipinski definition) is 3. The molecule has 1 aliphatic rings. The van der Waals surface area contributed by atoms with Gasteiger partial charge in [0.25, 0.3) is 0 Å². The maximum absolute atomic E-state index is 11.7. The molecule has 2 amide bonds. The third kappa shape index (κ3) is 4.51. The lowest BCUT2D eigenvalue weighted by molar-refractivity contribution is 0.249. The Morgan fingerprint density at radius 3 is 2.50 bits per heavy atom. The second-order valence-corrected chi connectivity index (χ2v) is 7.15. The SMILES string of the molecule is CNC(=O)N(C)c1ccc(Nc2ncc(C(C)C)c(N3CCNCC3)n2)cc1. The molecule has 0 radical (unpaired) electrons. The molecule has 8 nitrogen and oxygen atoms in total. The van der Waals surface area contributed by atoms with E-state index in [1.165, 1.54) is 0 Å². The summed E-state index contributed by atoms with van der Waals surface area (Å²) < 4.78 is 0. The topological polar surface area (TPSA) is 85.4 Å². The molecule has 1 fully saturated rings. The number of hydrogen-bond acceptors (Lipinski definition) is 6. The Hall–Kier alpha value is -2.87. The van der Waals surface area contributed by atoms with Crippen LogP contribution in [0.3, 0.4) is 0 Å². The van der Waals surface area contributed by atoms with Crippen molar-refractivity contribution in [3.63, 3.8) is 0 Å². The van der Waals surface area contributed by atoms with E-state index in [-0.39, 0.29) is 6.03 Å². The molecule has 150 valence electrons. The molecule has 3 rings (SSSR count). The Morgan fingerprint density at radius 1 is 1.21 bits per heavy atom. The molecule has 0 atom stereocenters. The summed E-state index contributed by atoms with van der Waals surface area (Å²) in [6, 6.07) is 7.45. The van der Waals surface area contributed by atoms with E-state index in [2.05, 4.69) is 39.7 Å². The Balaban J connectivity index is 1.79. The van der Waals surface area contributed by atoms with Crippen LogP contribution in [0.15, 0.2) is 30.5 Å². The van der Waals surface area contributed by atoms with Crippen LogP contribution in [0.1, 0.15) is 25.3 Å². The highest BCUT2D eigenvalue weighted by Crippen LogP contribution is 2.27. The molecule has 0 aliphatic carbocycles. The molecule has 0 spiro atoms. The van der Waals surface area contributed by atoms with Crippen molar-refractivity contribution >= 4 is 29.2 Å². The fourth-order valence-corrected chi connectivity index (χ4v) is 3.16. The maximum atomic E-state index is 11.7. The van der Waals surface area contributed by atoms with Crippen molar-refractivity contribution < 1.29 is 4.79 Å². The van der Waals surface area contributed by atoms with E-state index in [0.717, 1.165) is 48.9 Å². The molecule has 1 aromatic carbocycles. The van der Waals surface area contributed by atoms with Crippen molar-refractivity contribution in [1.29, 1.82) is 0 Å². The summed E-state index contributed by atoms with van der Waals surface area (Å²) in [6.07, 6.45) is 1.92. The minimum atomic E-state index is -0.158. The van der Waals surface area contributed by atoms with Gasteiger partial charge >= 0.3 is 6.03 Å². The molecule has 1 aromatic heterocycles. The Kier molecular flexibility index (Phi) is 6.30. The molecular formula is C20H29N7O. The first-order chi connectivity index (χ1) is 13.5. The number of piperazine rings is 1. The van der Waals surface area contributed by atoms with Gasteiger partial charge in [0.05, 0.1) is 0 Å². The lowest BCUT2D eigenvalue weighted by Crippen LogP contribution is -2.44. The standard InChI is InChI=1S/C20H29N7O/c1-14(2)17-13-23-19(25-18(17)27-11-9-22-10-12-27)24-15-5-7-16(8-6-15)26(4)20(28)21-3/h5-8,13-14,22H,9-12H2,1-4H3,(H,21,28)(H,23,24,25). The van der Waals surface area contributed by atoms with Gasteiger partial charge in [0.15, 0.2) is 0 Å². The zero-order chi connectivity index (χ0) is 20.1. The summed E-state index contributed by atoms with van der Waals surface area (Å²) >= 11 is 0. The van der Waals surface area contributed by atoms with Crippen LogP contribution in [0.2, 0.25) is 0 Å². The number of rotatable bonds is 5. The highest BCUT2D eigenvalue weighted by molar-refractivity contribution is 5.91. The van der Waals surface area contributed by atoms with Gasteiger partial charge < -0.3 is 20.9 Å². The summed E-state index contributed by atoms with van der Waals surface area (Å²) in [5.74, 6) is 1.94. The average molecular weight is 384 g/mol. The highest BCUT2D eigenvalue weighted by atomic mass is 16.2. The zero-order valence-electron chi connectivity index (χ0n) is 17.0. The third-order valence-electron chi connectivity index (χ3n) is 4.86. The van der Waals surface area contributed by atoms with Gasteiger partial charge in [-0.2, -0.15) is 4.98 Å². The van der Waals surface area contributed by atoms with E-state index >= 15 is 0 Å². The fourth-order valence-electron chi connectivity index (χ4n) is 3.16. The smallest absolute Gasteiger partial charge is 0.321 e. The summed E-state index contributed by atoms with van der Waals surface area (Å²) in [5.41, 5.74) is 2.84. The van der Waals surface area contributed by atoms with Crippen LogP contribution in [0.5, 0.6) is 0 Å². The number of benzene rings is 1. The molecule has 1 aliphatic heterocycles. The lowest BCUT2D eigenvalue weighted by Gasteiger charge is -2.30. The Bertz CT molecular complexity index is 801. The van der Waals surface area contributed by atoms with Crippen molar-refractivity contribution in [1.82, 2.24) is 20.6 Å². The average Bonchev–Trinajstić information content (AvgIpc) is 2.73. The number of carbonyl (C=O) groups excluding carboxylic acids is 1. The van der Waals surface area contributed by atoms with Crippen LogP contribution in [-0.4, -0.2) is 56.3 Å². The second kappa shape index (κ2) is 8.88. The van der Waals surface area contributed by atoms with E-state index in [0.29, 0.717) is 11.9 Å². The Labute approximate surface area is 166 Å². The lowest BCUT2D eigenvalue weighted by atomic mass is 10.1. The number of nitrogens with zero attached hydrogens (tertiary/aromatic N) is 4. The van der Waals surface area contributed by atoms with Crippen molar-refractivity contribution in [2.24, 2.45) is 0 Å². The van der Waals surface area contributed by atoms with E-state index < -0.39 is 0 Å². The minimum Gasteiger partial charge on any atom is -0.354 e. The molecule has 3 N–H and O–H groups in total. The van der Waals surface area contributed by atoms with Gasteiger partial charge in [-0.15, -0.1) is 0 Å². The molecule has 0 unspecified atom stereocenters. The van der Waals surface area contributed by atoms with Crippen LogP contribution in [0, 0.1) is 0 Å². The van der Waals surface area contributed by atoms with E-state index in [4.69, 9.17) is 4.98 Å². The van der Waals surface area contributed by atoms with Crippen LogP contribution >= 0.6 is 0 Å². The van der Waals surface area contributed by atoms with Crippen molar-refractivity contribution in [3.8, 4) is 0 Å². The van der Waals surface area contributed by atoms with Gasteiger partial charge in [0.1, 0.15) is 5.82 Å². The molecule has 2 aromatic rings. The van der Waals surface area contributed by atoms with Crippen molar-refractivity contribution in [3.05, 3.63) is 36.0 Å². The van der Waals surface area contributed by atoms with Gasteiger partial charge in [-0.1, -0.05) is 13.8 Å². The molecule has 0 bridgehead atoms. The Morgan fingerprint density at radius 2 is 1.89 bits per heavy atom. The minimum absolute atomic E-state index is 0.158. The number of urea groups is 1. The van der Waals surface area contributed by atoms with Gasteiger partial charge in [-0.05, 0) is 30.2 Å². The first-order valence-corrected chi connectivity index (χ1v) is 9.64. The monoisotopic (exact) mass is 383 g/mol. The normalized spacial score (nSPS) is 14.1. The van der Waals surface area contributed by atoms with Crippen molar-refractivity contribution in [2.45, 2.75) is 19.8 Å². The zero-order valence-corrected chi connectivity index (χ0v) is 17.0. The molecule has 28 heavy (non-hydrogen) atoms. The number of nitrogens with one attached hydrogen (secondary N) is 3. The summed E-state index contributed by atoms with van der Waals surface area (Å²) in [7, 11) is 3.34. The number of anilines is 4. The van der Waals surface area contributed by atoms with Crippen LogP contribution in [0.25, 0.3) is 0 Å². The van der Waals surface area contributed by atoms with E-state index in [1.807, 2.05) is 30.5 Å². The van der Waals surface area contributed by atoms with Crippen LogP contribution in [-0.2, 0) is 0 Å². The van der Waals surface area contributed by atoms with Gasteiger partial charge in [0, 0.05) is 63.4 Å². The fraction of sp³-hybridized carbons (Fsp3) is 0.450. The predicted molar refractivity (Wildman–Crippen MR) is 114 cm³/mol. The van der Waals surface area contributed by atoms with Crippen molar-refractivity contribution in [2.75, 3.05) is 55.4 Å². The molecule has 8 heteroatoms. The second-order valence-electron chi connectivity index (χ2n) is 7.15. The highest BCUT2D eigenvalue weighted by Gasteiger charge is 2.19. The third-order valence-corrected chi connectivity index (χ3v) is 4.86. The maximum Gasteiger partial charge on any atom is 0.321 e. The van der Waals surface area contributed by atoms with Gasteiger partial charge in [-0.3, -0.25) is 4.90 Å². The number of carbonyl (C=O) groups is 1.